The van der Waals surface area contributed by atoms with Crippen LogP contribution in [0.1, 0.15) is 37.8 Å². The Bertz CT molecular complexity index is 790. The van der Waals surface area contributed by atoms with Gasteiger partial charge in [0.2, 0.25) is 0 Å². The number of carbonyl (C=O) groups excluding carboxylic acids is 2. The Morgan fingerprint density at radius 1 is 1.12 bits per heavy atom. The third kappa shape index (κ3) is 5.05. The standard InChI is InChI=1S/C20H23FN2O3/c1-4-26-18-10-9-14(11-16(18)21)12-22-19(24)20(25)23-17-8-6-5-7-15(17)13(2)3/h5-11,13H,4,12H2,1-3H3,(H,22,24)(H,23,25). The molecule has 0 atom stereocenters. The second-order valence-corrected chi connectivity index (χ2v) is 6.08. The van der Waals surface area contributed by atoms with Gasteiger partial charge < -0.3 is 15.4 Å². The molecule has 2 rings (SSSR count). The van der Waals surface area contributed by atoms with Gasteiger partial charge in [0.1, 0.15) is 0 Å². The van der Waals surface area contributed by atoms with E-state index in [2.05, 4.69) is 10.6 Å². The number of anilines is 1. The van der Waals surface area contributed by atoms with Crippen molar-refractivity contribution in [2.24, 2.45) is 0 Å². The van der Waals surface area contributed by atoms with E-state index in [1.165, 1.54) is 12.1 Å². The van der Waals surface area contributed by atoms with E-state index in [1.54, 1.807) is 25.1 Å². The molecule has 0 heterocycles. The van der Waals surface area contributed by atoms with Crippen molar-refractivity contribution in [3.63, 3.8) is 0 Å². The highest BCUT2D eigenvalue weighted by molar-refractivity contribution is 6.39. The summed E-state index contributed by atoms with van der Waals surface area (Å²) in [5.74, 6) is -1.68. The predicted octanol–water partition coefficient (Wildman–Crippen LogP) is 3.60. The Labute approximate surface area is 152 Å². The summed E-state index contributed by atoms with van der Waals surface area (Å²) in [4.78, 5) is 24.1. The van der Waals surface area contributed by atoms with Crippen molar-refractivity contribution >= 4 is 17.5 Å². The molecular weight excluding hydrogens is 335 g/mol. The van der Waals surface area contributed by atoms with Crippen LogP contribution in [0, 0.1) is 5.82 Å². The Morgan fingerprint density at radius 2 is 1.85 bits per heavy atom. The van der Waals surface area contributed by atoms with Crippen molar-refractivity contribution in [3.8, 4) is 5.75 Å². The molecule has 2 N–H and O–H groups in total. The zero-order valence-electron chi connectivity index (χ0n) is 15.1. The van der Waals surface area contributed by atoms with Crippen LogP contribution >= 0.6 is 0 Å². The average molecular weight is 358 g/mol. The summed E-state index contributed by atoms with van der Waals surface area (Å²) in [5.41, 5.74) is 2.09. The molecule has 138 valence electrons. The molecule has 0 aromatic heterocycles. The number of halogens is 1. The summed E-state index contributed by atoms with van der Waals surface area (Å²) in [6.07, 6.45) is 0. The van der Waals surface area contributed by atoms with Gasteiger partial charge in [-0.15, -0.1) is 0 Å². The molecule has 0 radical (unpaired) electrons. The van der Waals surface area contributed by atoms with Crippen molar-refractivity contribution in [3.05, 3.63) is 59.4 Å². The lowest BCUT2D eigenvalue weighted by Crippen LogP contribution is -2.35. The quantitative estimate of drug-likeness (QED) is 0.775. The van der Waals surface area contributed by atoms with Gasteiger partial charge in [-0.25, -0.2) is 4.39 Å². The first-order valence-corrected chi connectivity index (χ1v) is 8.51. The number of para-hydroxylation sites is 1. The number of rotatable bonds is 6. The molecular formula is C20H23FN2O3. The molecule has 2 amide bonds. The first-order chi connectivity index (χ1) is 12.4. The first-order valence-electron chi connectivity index (χ1n) is 8.51. The van der Waals surface area contributed by atoms with E-state index >= 15 is 0 Å². The lowest BCUT2D eigenvalue weighted by molar-refractivity contribution is -0.136. The van der Waals surface area contributed by atoms with E-state index in [1.807, 2.05) is 26.0 Å². The zero-order chi connectivity index (χ0) is 19.1. The van der Waals surface area contributed by atoms with Gasteiger partial charge in [0, 0.05) is 12.2 Å². The minimum Gasteiger partial charge on any atom is -0.491 e. The van der Waals surface area contributed by atoms with Gasteiger partial charge in [0.05, 0.1) is 6.61 Å². The molecule has 0 bridgehead atoms. The van der Waals surface area contributed by atoms with Crippen LogP contribution in [0.2, 0.25) is 0 Å². The highest BCUT2D eigenvalue weighted by atomic mass is 19.1. The number of carbonyl (C=O) groups is 2. The number of hydrogen-bond donors (Lipinski definition) is 2. The summed E-state index contributed by atoms with van der Waals surface area (Å²) < 4.78 is 18.9. The average Bonchev–Trinajstić information content (AvgIpc) is 2.62. The molecule has 0 saturated heterocycles. The smallest absolute Gasteiger partial charge is 0.313 e. The summed E-state index contributed by atoms with van der Waals surface area (Å²) in [6.45, 7) is 6.19. The molecule has 0 aliphatic heterocycles. The fourth-order valence-electron chi connectivity index (χ4n) is 2.48. The van der Waals surface area contributed by atoms with Crippen molar-refractivity contribution < 1.29 is 18.7 Å². The van der Waals surface area contributed by atoms with Gasteiger partial charge in [-0.3, -0.25) is 9.59 Å². The second kappa shape index (κ2) is 8.99. The third-order valence-electron chi connectivity index (χ3n) is 3.79. The van der Waals surface area contributed by atoms with E-state index in [4.69, 9.17) is 4.74 Å². The second-order valence-electron chi connectivity index (χ2n) is 6.08. The number of benzene rings is 2. The number of hydrogen-bond acceptors (Lipinski definition) is 3. The molecule has 0 saturated carbocycles. The Morgan fingerprint density at radius 3 is 2.50 bits per heavy atom. The SMILES string of the molecule is CCOc1ccc(CNC(=O)C(=O)Nc2ccccc2C(C)C)cc1F. The normalized spacial score (nSPS) is 10.5. The predicted molar refractivity (Wildman–Crippen MR) is 98.6 cm³/mol. The molecule has 5 nitrogen and oxygen atoms in total. The van der Waals surface area contributed by atoms with Crippen LogP contribution < -0.4 is 15.4 Å². The molecule has 2 aromatic rings. The van der Waals surface area contributed by atoms with Crippen LogP contribution in [-0.2, 0) is 16.1 Å². The van der Waals surface area contributed by atoms with Crippen LogP contribution in [0.5, 0.6) is 5.75 Å². The van der Waals surface area contributed by atoms with Crippen molar-refractivity contribution in [2.45, 2.75) is 33.2 Å². The van der Waals surface area contributed by atoms with Gasteiger partial charge in [-0.05, 0) is 42.2 Å². The van der Waals surface area contributed by atoms with Crippen LogP contribution in [0.15, 0.2) is 42.5 Å². The van der Waals surface area contributed by atoms with Crippen LogP contribution in [0.4, 0.5) is 10.1 Å². The fourth-order valence-corrected chi connectivity index (χ4v) is 2.48. The number of amides is 2. The maximum absolute atomic E-state index is 13.8. The van der Waals surface area contributed by atoms with Gasteiger partial charge in [-0.1, -0.05) is 38.1 Å². The topological polar surface area (TPSA) is 67.4 Å². The van der Waals surface area contributed by atoms with E-state index < -0.39 is 17.6 Å². The van der Waals surface area contributed by atoms with Crippen LogP contribution in [-0.4, -0.2) is 18.4 Å². The third-order valence-corrected chi connectivity index (χ3v) is 3.79. The summed E-state index contributed by atoms with van der Waals surface area (Å²) in [6, 6.07) is 11.7. The zero-order valence-corrected chi connectivity index (χ0v) is 15.1. The molecule has 2 aromatic carbocycles. The van der Waals surface area contributed by atoms with Crippen LogP contribution in [0.3, 0.4) is 0 Å². The molecule has 26 heavy (non-hydrogen) atoms. The van der Waals surface area contributed by atoms with E-state index in [0.717, 1.165) is 5.56 Å². The lowest BCUT2D eigenvalue weighted by atomic mass is 10.0. The Balaban J connectivity index is 1.96. The van der Waals surface area contributed by atoms with Gasteiger partial charge in [-0.2, -0.15) is 0 Å². The molecule has 0 spiro atoms. The van der Waals surface area contributed by atoms with Gasteiger partial charge in [0.25, 0.3) is 0 Å². The first kappa shape index (κ1) is 19.4. The maximum atomic E-state index is 13.8. The van der Waals surface area contributed by atoms with E-state index in [0.29, 0.717) is 17.9 Å². The van der Waals surface area contributed by atoms with Gasteiger partial charge in [0.15, 0.2) is 11.6 Å². The minimum atomic E-state index is -0.780. The molecule has 0 fully saturated rings. The largest absolute Gasteiger partial charge is 0.491 e. The van der Waals surface area contributed by atoms with Crippen LogP contribution in [0.25, 0.3) is 0 Å². The van der Waals surface area contributed by atoms with Crippen molar-refractivity contribution in [2.75, 3.05) is 11.9 Å². The van der Waals surface area contributed by atoms with E-state index in [-0.39, 0.29) is 18.2 Å². The highest BCUT2D eigenvalue weighted by Gasteiger charge is 2.16. The summed E-state index contributed by atoms with van der Waals surface area (Å²) in [5, 5.41) is 5.11. The van der Waals surface area contributed by atoms with Crippen molar-refractivity contribution in [1.29, 1.82) is 0 Å². The molecule has 0 aliphatic rings. The molecule has 0 unspecified atom stereocenters. The monoisotopic (exact) mass is 358 g/mol. The van der Waals surface area contributed by atoms with E-state index in [9.17, 15) is 14.0 Å². The Kier molecular flexibility index (Phi) is 6.72. The Hall–Kier alpha value is -2.89. The highest BCUT2D eigenvalue weighted by Crippen LogP contribution is 2.23. The maximum Gasteiger partial charge on any atom is 0.313 e. The lowest BCUT2D eigenvalue weighted by Gasteiger charge is -2.13. The summed E-state index contributed by atoms with van der Waals surface area (Å²) in [7, 11) is 0. The van der Waals surface area contributed by atoms with Gasteiger partial charge >= 0.3 is 11.8 Å². The number of nitrogens with one attached hydrogen (secondary N) is 2. The molecule has 6 heteroatoms. The minimum absolute atomic E-state index is 0.0431. The number of ether oxygens (including phenoxy) is 1. The fraction of sp³-hybridized carbons (Fsp3) is 0.300. The summed E-state index contributed by atoms with van der Waals surface area (Å²) >= 11 is 0. The van der Waals surface area contributed by atoms with Crippen molar-refractivity contribution in [1.82, 2.24) is 5.32 Å². The molecule has 0 aliphatic carbocycles.